The van der Waals surface area contributed by atoms with Gasteiger partial charge in [-0.1, -0.05) is 48.5 Å². The number of carbonyl (C=O) groups excluding carboxylic acids is 2. The average Bonchev–Trinajstić information content (AvgIpc) is 3.16. The Labute approximate surface area is 183 Å². The quantitative estimate of drug-likeness (QED) is 0.787. The van der Waals surface area contributed by atoms with E-state index in [1.54, 1.807) is 4.90 Å². The van der Waals surface area contributed by atoms with Crippen LogP contribution >= 0.6 is 12.4 Å². The normalized spacial score (nSPS) is 21.8. The molecule has 160 valence electrons. The van der Waals surface area contributed by atoms with Crippen molar-refractivity contribution in [1.29, 1.82) is 0 Å². The van der Waals surface area contributed by atoms with Crippen LogP contribution in [-0.2, 0) is 4.79 Å². The predicted molar refractivity (Wildman–Crippen MR) is 121 cm³/mol. The molecule has 3 amide bonds. The molecule has 2 atom stereocenters. The highest BCUT2D eigenvalue weighted by molar-refractivity contribution is 5.89. The Hall–Kier alpha value is -2.57. The number of halogens is 1. The van der Waals surface area contributed by atoms with Crippen LogP contribution in [-0.4, -0.2) is 54.0 Å². The van der Waals surface area contributed by atoms with Gasteiger partial charge in [-0.05, 0) is 30.5 Å². The number of piperidine rings is 1. The van der Waals surface area contributed by atoms with Crippen LogP contribution in [0.15, 0.2) is 60.7 Å². The van der Waals surface area contributed by atoms with Gasteiger partial charge in [-0.2, -0.15) is 0 Å². The first-order chi connectivity index (χ1) is 14.1. The summed E-state index contributed by atoms with van der Waals surface area (Å²) in [4.78, 5) is 29.2. The topological polar surface area (TPSA) is 78.7 Å². The van der Waals surface area contributed by atoms with Gasteiger partial charge in [-0.25, -0.2) is 4.79 Å². The molecule has 3 N–H and O–H groups in total. The minimum absolute atomic E-state index is 0. The molecule has 0 aromatic heterocycles. The molecule has 2 fully saturated rings. The van der Waals surface area contributed by atoms with E-state index in [2.05, 4.69) is 17.4 Å². The first-order valence-corrected chi connectivity index (χ1v) is 10.3. The van der Waals surface area contributed by atoms with E-state index in [4.69, 9.17) is 5.73 Å². The number of para-hydroxylation sites is 1. The fraction of sp³-hybridized carbons (Fsp3) is 0.391. The predicted octanol–water partition coefficient (Wildman–Crippen LogP) is 3.31. The molecule has 2 aliphatic heterocycles. The Kier molecular flexibility index (Phi) is 7.34. The maximum Gasteiger partial charge on any atom is 0.321 e. The molecule has 0 aliphatic carbocycles. The number of rotatable bonds is 3. The standard InChI is InChI=1S/C23H28N4O2.ClH/c24-21-16-27(15-20(21)17-7-3-1-4-8-17)22(28)18-11-13-26(14-12-18)23(29)25-19-9-5-2-6-10-19;/h1-10,18,20-21H,11-16,24H2,(H,25,29);1H/t20-,21+;/m0./s1. The van der Waals surface area contributed by atoms with Gasteiger partial charge in [0.25, 0.3) is 0 Å². The minimum Gasteiger partial charge on any atom is -0.340 e. The van der Waals surface area contributed by atoms with Gasteiger partial charge in [0.05, 0.1) is 0 Å². The maximum absolute atomic E-state index is 13.0. The summed E-state index contributed by atoms with van der Waals surface area (Å²) in [6.07, 6.45) is 1.39. The fourth-order valence-corrected chi connectivity index (χ4v) is 4.37. The van der Waals surface area contributed by atoms with Gasteiger partial charge in [0.15, 0.2) is 0 Å². The van der Waals surface area contributed by atoms with Crippen LogP contribution in [0.1, 0.15) is 24.3 Å². The van der Waals surface area contributed by atoms with Crippen molar-refractivity contribution in [2.75, 3.05) is 31.5 Å². The summed E-state index contributed by atoms with van der Waals surface area (Å²) in [5, 5.41) is 2.92. The summed E-state index contributed by atoms with van der Waals surface area (Å²) in [5.41, 5.74) is 8.33. The number of likely N-dealkylation sites (tertiary alicyclic amines) is 2. The van der Waals surface area contributed by atoms with Crippen molar-refractivity contribution in [1.82, 2.24) is 9.80 Å². The number of urea groups is 1. The number of nitrogens with two attached hydrogens (primary N) is 1. The summed E-state index contributed by atoms with van der Waals surface area (Å²) < 4.78 is 0. The van der Waals surface area contributed by atoms with Crippen molar-refractivity contribution in [3.05, 3.63) is 66.2 Å². The summed E-state index contributed by atoms with van der Waals surface area (Å²) in [6.45, 7) is 2.47. The highest BCUT2D eigenvalue weighted by Gasteiger charge is 2.37. The van der Waals surface area contributed by atoms with Gasteiger partial charge in [0.1, 0.15) is 0 Å². The molecule has 2 aromatic rings. The van der Waals surface area contributed by atoms with Crippen molar-refractivity contribution < 1.29 is 9.59 Å². The highest BCUT2D eigenvalue weighted by Crippen LogP contribution is 2.29. The van der Waals surface area contributed by atoms with Crippen LogP contribution < -0.4 is 11.1 Å². The van der Waals surface area contributed by atoms with E-state index in [1.807, 2.05) is 53.4 Å². The van der Waals surface area contributed by atoms with Crippen molar-refractivity contribution in [3.63, 3.8) is 0 Å². The molecular weight excluding hydrogens is 400 g/mol. The van der Waals surface area contributed by atoms with Crippen molar-refractivity contribution >= 4 is 30.0 Å². The van der Waals surface area contributed by atoms with E-state index in [-0.39, 0.29) is 42.2 Å². The summed E-state index contributed by atoms with van der Waals surface area (Å²) >= 11 is 0. The van der Waals surface area contributed by atoms with Crippen molar-refractivity contribution in [2.24, 2.45) is 11.7 Å². The molecule has 2 aromatic carbocycles. The van der Waals surface area contributed by atoms with Crippen LogP contribution in [0.2, 0.25) is 0 Å². The number of amides is 3. The lowest BCUT2D eigenvalue weighted by Gasteiger charge is -2.33. The smallest absolute Gasteiger partial charge is 0.321 e. The van der Waals surface area contributed by atoms with Crippen molar-refractivity contribution in [3.8, 4) is 0 Å². The summed E-state index contributed by atoms with van der Waals surface area (Å²) in [7, 11) is 0. The molecule has 7 heteroatoms. The van der Waals surface area contributed by atoms with Gasteiger partial charge in [-0.3, -0.25) is 4.79 Å². The molecule has 30 heavy (non-hydrogen) atoms. The van der Waals surface area contributed by atoms with E-state index >= 15 is 0 Å². The number of carbonyl (C=O) groups is 2. The number of anilines is 1. The van der Waals surface area contributed by atoms with Crippen molar-refractivity contribution in [2.45, 2.75) is 24.8 Å². The third kappa shape index (κ3) is 4.94. The Bertz CT molecular complexity index is 841. The van der Waals surface area contributed by atoms with Crippen LogP contribution in [0, 0.1) is 5.92 Å². The van der Waals surface area contributed by atoms with Gasteiger partial charge in [0, 0.05) is 49.7 Å². The zero-order valence-electron chi connectivity index (χ0n) is 16.9. The van der Waals surface area contributed by atoms with Crippen LogP contribution in [0.5, 0.6) is 0 Å². The van der Waals surface area contributed by atoms with Gasteiger partial charge < -0.3 is 20.9 Å². The Balaban J connectivity index is 0.00000256. The lowest BCUT2D eigenvalue weighted by atomic mass is 9.94. The second kappa shape index (κ2) is 9.96. The second-order valence-corrected chi connectivity index (χ2v) is 7.98. The van der Waals surface area contributed by atoms with Crippen LogP contribution in [0.3, 0.4) is 0 Å². The third-order valence-corrected chi connectivity index (χ3v) is 6.06. The monoisotopic (exact) mass is 428 g/mol. The maximum atomic E-state index is 13.0. The Morgan fingerprint density at radius 2 is 1.47 bits per heavy atom. The minimum atomic E-state index is -0.102. The summed E-state index contributed by atoms with van der Waals surface area (Å²) in [5.74, 6) is 0.344. The number of hydrogen-bond acceptors (Lipinski definition) is 3. The Morgan fingerprint density at radius 3 is 2.10 bits per heavy atom. The summed E-state index contributed by atoms with van der Waals surface area (Å²) in [6, 6.07) is 19.5. The number of nitrogens with one attached hydrogen (secondary N) is 1. The molecular formula is C23H29ClN4O2. The zero-order valence-corrected chi connectivity index (χ0v) is 17.8. The molecule has 0 bridgehead atoms. The molecule has 6 nitrogen and oxygen atoms in total. The van der Waals surface area contributed by atoms with Gasteiger partial charge in [-0.15, -0.1) is 12.4 Å². The lowest BCUT2D eigenvalue weighted by molar-refractivity contribution is -0.135. The largest absolute Gasteiger partial charge is 0.340 e. The Morgan fingerprint density at radius 1 is 0.867 bits per heavy atom. The fourth-order valence-electron chi connectivity index (χ4n) is 4.37. The number of nitrogens with zero attached hydrogens (tertiary/aromatic N) is 2. The zero-order chi connectivity index (χ0) is 20.2. The molecule has 0 radical (unpaired) electrons. The molecule has 4 rings (SSSR count). The van der Waals surface area contributed by atoms with E-state index in [9.17, 15) is 9.59 Å². The van der Waals surface area contributed by atoms with E-state index in [0.717, 1.165) is 5.69 Å². The molecule has 0 unspecified atom stereocenters. The highest BCUT2D eigenvalue weighted by atomic mass is 35.5. The second-order valence-electron chi connectivity index (χ2n) is 7.98. The first kappa shape index (κ1) is 22.1. The third-order valence-electron chi connectivity index (χ3n) is 6.06. The van der Waals surface area contributed by atoms with E-state index in [0.29, 0.717) is 39.0 Å². The van der Waals surface area contributed by atoms with E-state index < -0.39 is 0 Å². The SMILES string of the molecule is Cl.N[C@@H]1CN(C(=O)C2CCN(C(=O)Nc3ccccc3)CC2)C[C@H]1c1ccccc1. The van der Waals surface area contributed by atoms with Gasteiger partial charge in [0.2, 0.25) is 5.91 Å². The first-order valence-electron chi connectivity index (χ1n) is 10.3. The number of benzene rings is 2. The number of hydrogen-bond donors (Lipinski definition) is 2. The molecule has 2 saturated heterocycles. The molecule has 2 heterocycles. The lowest BCUT2D eigenvalue weighted by Crippen LogP contribution is -2.45. The molecule has 0 saturated carbocycles. The van der Waals surface area contributed by atoms with Crippen LogP contribution in [0.25, 0.3) is 0 Å². The van der Waals surface area contributed by atoms with Gasteiger partial charge >= 0.3 is 6.03 Å². The average molecular weight is 429 g/mol. The van der Waals surface area contributed by atoms with E-state index in [1.165, 1.54) is 5.56 Å². The molecule has 2 aliphatic rings. The molecule has 0 spiro atoms. The van der Waals surface area contributed by atoms with Crippen LogP contribution in [0.4, 0.5) is 10.5 Å².